The van der Waals surface area contributed by atoms with Gasteiger partial charge in [0, 0.05) is 34.8 Å². The highest BCUT2D eigenvalue weighted by Gasteiger charge is 2.22. The van der Waals surface area contributed by atoms with E-state index in [4.69, 9.17) is 10.6 Å². The number of fused-ring (bicyclic) bond motifs is 1. The molecule has 2 N–H and O–H groups in total. The molecule has 0 radical (unpaired) electrons. The Morgan fingerprint density at radius 3 is 2.72 bits per heavy atom. The summed E-state index contributed by atoms with van der Waals surface area (Å²) in [5, 5.41) is 1.42. The average molecular weight is 410 g/mol. The third-order valence-electron chi connectivity index (χ3n) is 4.43. The molecule has 1 amide bonds. The molecule has 5 nitrogen and oxygen atoms in total. The van der Waals surface area contributed by atoms with Crippen LogP contribution < -0.4 is 5.73 Å². The molecule has 0 saturated heterocycles. The van der Waals surface area contributed by atoms with Crippen LogP contribution in [0.4, 0.5) is 5.69 Å². The molecule has 29 heavy (non-hydrogen) atoms. The van der Waals surface area contributed by atoms with Gasteiger partial charge in [-0.3, -0.25) is 9.63 Å². The summed E-state index contributed by atoms with van der Waals surface area (Å²) in [7, 11) is 0. The van der Waals surface area contributed by atoms with E-state index in [-0.39, 0.29) is 5.91 Å². The van der Waals surface area contributed by atoms with Crippen LogP contribution in [0, 0.1) is 0 Å². The monoisotopic (exact) mass is 409 g/mol. The molecule has 0 bridgehead atoms. The molecule has 0 aromatic heterocycles. The van der Waals surface area contributed by atoms with E-state index in [1.54, 1.807) is 11.8 Å². The molecule has 1 aliphatic rings. The third kappa shape index (κ3) is 5.71. The highest BCUT2D eigenvalue weighted by molar-refractivity contribution is 7.98. The fraction of sp³-hybridized carbons (Fsp3) is 0.304. The van der Waals surface area contributed by atoms with Crippen LogP contribution in [0.25, 0.3) is 6.08 Å². The summed E-state index contributed by atoms with van der Waals surface area (Å²) in [5.41, 5.74) is 9.69. The largest absolute Gasteiger partial charge is 0.387 e. The van der Waals surface area contributed by atoms with E-state index in [2.05, 4.69) is 23.2 Å². The number of nitrogens with two attached hydrogens (primary N) is 1. The number of hydroxylamine groups is 2. The van der Waals surface area contributed by atoms with E-state index in [1.165, 1.54) is 10.6 Å². The maximum atomic E-state index is 12.9. The maximum absolute atomic E-state index is 12.9. The standard InChI is InChI=1S/C23H27N3O2S/c1-3-12-26(28-4-2)23(27)19-13-18-10-11-20(15-21(18)25-22(24)14-19)29-16-17-8-6-5-7-9-17/h5-11,13,15H,3-4,12,14,16H2,1-2H3,(H2,24,25). The lowest BCUT2D eigenvalue weighted by Gasteiger charge is -2.21. The molecule has 2 aromatic rings. The van der Waals surface area contributed by atoms with Gasteiger partial charge in [-0.05, 0) is 37.1 Å². The second-order valence-corrected chi connectivity index (χ2v) is 7.82. The lowest BCUT2D eigenvalue weighted by atomic mass is 10.1. The highest BCUT2D eigenvalue weighted by Crippen LogP contribution is 2.32. The Hall–Kier alpha value is -2.57. The molecule has 0 saturated carbocycles. The quantitative estimate of drug-likeness (QED) is 0.495. The summed E-state index contributed by atoms with van der Waals surface area (Å²) >= 11 is 1.75. The van der Waals surface area contributed by atoms with Gasteiger partial charge in [0.25, 0.3) is 5.91 Å². The van der Waals surface area contributed by atoms with Crippen LogP contribution in [0.1, 0.15) is 37.8 Å². The number of amidine groups is 1. The Labute approximate surface area is 176 Å². The average Bonchev–Trinajstić information content (AvgIpc) is 2.90. The Morgan fingerprint density at radius 1 is 1.21 bits per heavy atom. The summed E-state index contributed by atoms with van der Waals surface area (Å²) in [5.74, 6) is 1.17. The molecule has 0 spiro atoms. The zero-order valence-electron chi connectivity index (χ0n) is 16.9. The predicted molar refractivity (Wildman–Crippen MR) is 120 cm³/mol. The van der Waals surface area contributed by atoms with Crippen molar-refractivity contribution in [3.05, 3.63) is 65.2 Å². The van der Waals surface area contributed by atoms with E-state index < -0.39 is 0 Å². The van der Waals surface area contributed by atoms with Gasteiger partial charge in [-0.15, -0.1) is 11.8 Å². The predicted octanol–water partition coefficient (Wildman–Crippen LogP) is 4.94. The number of amides is 1. The van der Waals surface area contributed by atoms with Gasteiger partial charge in [-0.2, -0.15) is 0 Å². The summed E-state index contributed by atoms with van der Waals surface area (Å²) in [6, 6.07) is 16.5. The van der Waals surface area contributed by atoms with Crippen LogP contribution in [0.2, 0.25) is 0 Å². The van der Waals surface area contributed by atoms with E-state index >= 15 is 0 Å². The van der Waals surface area contributed by atoms with Crippen molar-refractivity contribution in [3.8, 4) is 0 Å². The van der Waals surface area contributed by atoms with Gasteiger partial charge in [0.15, 0.2) is 0 Å². The Bertz CT molecular complexity index is 904. The first-order valence-electron chi connectivity index (χ1n) is 9.89. The number of hydrogen-bond donors (Lipinski definition) is 1. The first-order chi connectivity index (χ1) is 14.1. The van der Waals surface area contributed by atoms with Crippen molar-refractivity contribution in [2.75, 3.05) is 13.2 Å². The zero-order chi connectivity index (χ0) is 20.6. The minimum absolute atomic E-state index is 0.151. The van der Waals surface area contributed by atoms with E-state index in [0.29, 0.717) is 31.0 Å². The molecule has 1 aliphatic heterocycles. The van der Waals surface area contributed by atoms with Crippen molar-refractivity contribution in [2.45, 2.75) is 37.3 Å². The van der Waals surface area contributed by atoms with Crippen LogP contribution in [-0.4, -0.2) is 30.0 Å². The number of thioether (sulfide) groups is 1. The minimum Gasteiger partial charge on any atom is -0.387 e. The number of carbonyl (C=O) groups is 1. The summed E-state index contributed by atoms with van der Waals surface area (Å²) in [6.45, 7) is 4.88. The molecule has 1 heterocycles. The summed E-state index contributed by atoms with van der Waals surface area (Å²) < 4.78 is 0. The molecule has 0 atom stereocenters. The number of nitrogens with zero attached hydrogens (tertiary/aromatic N) is 2. The minimum atomic E-state index is -0.151. The van der Waals surface area contributed by atoms with Crippen molar-refractivity contribution >= 4 is 35.3 Å². The Balaban J connectivity index is 1.81. The number of aliphatic imine (C=N–C) groups is 1. The second-order valence-electron chi connectivity index (χ2n) is 6.77. The molecular formula is C23H27N3O2S. The third-order valence-corrected chi connectivity index (χ3v) is 5.49. The summed E-state index contributed by atoms with van der Waals surface area (Å²) in [4.78, 5) is 24.1. The molecule has 0 unspecified atom stereocenters. The molecule has 2 aromatic carbocycles. The van der Waals surface area contributed by atoms with Crippen LogP contribution in [0.3, 0.4) is 0 Å². The lowest BCUT2D eigenvalue weighted by Crippen LogP contribution is -2.34. The van der Waals surface area contributed by atoms with Crippen LogP contribution in [0.15, 0.2) is 64.0 Å². The van der Waals surface area contributed by atoms with Gasteiger partial charge >= 0.3 is 0 Å². The van der Waals surface area contributed by atoms with E-state index in [1.807, 2.05) is 50.3 Å². The zero-order valence-corrected chi connectivity index (χ0v) is 17.7. The Kier molecular flexibility index (Phi) is 7.49. The van der Waals surface area contributed by atoms with Gasteiger partial charge in [0.1, 0.15) is 5.84 Å². The molecule has 6 heteroatoms. The van der Waals surface area contributed by atoms with Crippen LogP contribution >= 0.6 is 11.8 Å². The number of rotatable bonds is 8. The highest BCUT2D eigenvalue weighted by atomic mass is 32.2. The molecule has 3 rings (SSSR count). The normalized spacial score (nSPS) is 13.2. The van der Waals surface area contributed by atoms with Gasteiger partial charge in [-0.1, -0.05) is 43.3 Å². The van der Waals surface area contributed by atoms with Crippen molar-refractivity contribution in [3.63, 3.8) is 0 Å². The first kappa shape index (κ1) is 21.1. The van der Waals surface area contributed by atoms with Crippen LogP contribution in [0.5, 0.6) is 0 Å². The van der Waals surface area contributed by atoms with Crippen molar-refractivity contribution in [2.24, 2.45) is 10.7 Å². The molecular weight excluding hydrogens is 382 g/mol. The topological polar surface area (TPSA) is 67.9 Å². The number of benzene rings is 2. The fourth-order valence-corrected chi connectivity index (χ4v) is 3.97. The van der Waals surface area contributed by atoms with Gasteiger partial charge in [0.2, 0.25) is 0 Å². The maximum Gasteiger partial charge on any atom is 0.273 e. The van der Waals surface area contributed by atoms with Gasteiger partial charge in [-0.25, -0.2) is 10.1 Å². The van der Waals surface area contributed by atoms with Crippen molar-refractivity contribution in [1.29, 1.82) is 0 Å². The second kappa shape index (κ2) is 10.3. The SMILES string of the molecule is CCCN(OCC)C(=O)C1=Cc2ccc(SCc3ccccc3)cc2N=C(N)C1. The molecule has 0 fully saturated rings. The smallest absolute Gasteiger partial charge is 0.273 e. The number of hydrogen-bond acceptors (Lipinski definition) is 5. The van der Waals surface area contributed by atoms with Crippen molar-refractivity contribution < 1.29 is 9.63 Å². The van der Waals surface area contributed by atoms with E-state index in [9.17, 15) is 4.79 Å². The van der Waals surface area contributed by atoms with E-state index in [0.717, 1.165) is 28.3 Å². The van der Waals surface area contributed by atoms with Gasteiger partial charge in [0.05, 0.1) is 12.3 Å². The number of carbonyl (C=O) groups excluding carboxylic acids is 1. The molecule has 0 aliphatic carbocycles. The Morgan fingerprint density at radius 2 is 2.00 bits per heavy atom. The van der Waals surface area contributed by atoms with Crippen molar-refractivity contribution in [1.82, 2.24) is 5.06 Å². The van der Waals surface area contributed by atoms with Gasteiger partial charge < -0.3 is 5.73 Å². The summed E-state index contributed by atoms with van der Waals surface area (Å²) in [6.07, 6.45) is 3.02. The first-order valence-corrected chi connectivity index (χ1v) is 10.9. The van der Waals surface area contributed by atoms with Crippen LogP contribution in [-0.2, 0) is 15.4 Å². The lowest BCUT2D eigenvalue weighted by molar-refractivity contribution is -0.180. The molecule has 152 valence electrons. The fourth-order valence-electron chi connectivity index (χ4n) is 3.08.